The zero-order chi connectivity index (χ0) is 96.4. The second kappa shape index (κ2) is 51.6. The maximum absolute atomic E-state index is 13.8. The Balaban J connectivity index is 0.000000254. The Morgan fingerprint density at radius 2 is 0.993 bits per heavy atom. The summed E-state index contributed by atoms with van der Waals surface area (Å²) >= 11 is 0. The van der Waals surface area contributed by atoms with E-state index in [9.17, 15) is 102 Å². The van der Waals surface area contributed by atoms with E-state index in [1.807, 2.05) is 32.1 Å². The number of nitrogens with one attached hydrogen (secondary N) is 1. The number of aliphatic hydroxyl groups excluding tert-OH is 7. The van der Waals surface area contributed by atoms with Gasteiger partial charge in [-0.2, -0.15) is 0 Å². The molecule has 0 aromatic heterocycles. The topological polar surface area (TPSA) is 409 Å². The van der Waals surface area contributed by atoms with E-state index in [0.717, 1.165) is 22.3 Å². The molecule has 12 rings (SSSR count). The molecule has 134 heavy (non-hydrogen) atoms. The molecule has 0 spiro atoms. The fraction of sp³-hybridized carbons (Fsp3) is 0.476. The van der Waals surface area contributed by atoms with Crippen molar-refractivity contribution in [1.82, 2.24) is 5.32 Å². The standard InChI is InChI=1S/C53H64F2N2O11.C27H26F2N2O4.C23H34O7.Na/c1-5-31(2)53(65)68-48-28-42(61)26-36-7-6-32(3)45(50(36)48)21-18-40(59)27-43(62)29-49(63)56-25-24-41(60)30-66-44-19-10-35(11-20-44)51-46(52(64)57(51)39-16-14-38(55)15-17-39)22-23-47(67-33(4)58)34-8-12-37(54)13-9-34;28-19-5-1-17(2-6-19)24(32)14-13-23-26(31(27(23)34)21-9-7-20(29)8-10-21)18-3-11-22(12-4-18)35-25(33)15-16-30;1-4-13(2)23(29)30-20-11-17(25)9-15-6-5-14(3)19(22(15)20)8-7-16(24)10-18(26)12-21(27)28;/h6-17,19-20,26,31-32,40,42-43,45-48,50-51,59,61-62H,5,18,21-25,27-30H2,1-4H3,(H,56,63);1-12,23-24,26,32H,13-16,30H2;5-6,9,13-14,16-20,22,24-26H,1,4,7-8,10-12H2,2-3H3;/q;;;+1/t31-,32-,40+,42+,43+,45-,46+,47-,48-,50-,51+;23-,24+,26-;13-,14-,16+,17+,18+,19-,20-,22-;/m010./s1. The number of fused-ring (bicyclic) bond motifs is 2. The van der Waals surface area contributed by atoms with Crippen LogP contribution in [0.3, 0.4) is 0 Å². The number of halogens is 4. The van der Waals surface area contributed by atoms with Gasteiger partial charge in [-0.05, 0) is 232 Å². The number of aliphatic hydroxyl groups is 7. The van der Waals surface area contributed by atoms with Crippen LogP contribution in [0.25, 0.3) is 0 Å². The number of hydrogen-bond acceptors (Lipinski definition) is 23. The van der Waals surface area contributed by atoms with Crippen molar-refractivity contribution in [3.05, 3.63) is 246 Å². The molecule has 2 heterocycles. The second-order valence-corrected chi connectivity index (χ2v) is 35.6. The van der Waals surface area contributed by atoms with Gasteiger partial charge >= 0.3 is 53.4 Å². The smallest absolute Gasteiger partial charge is 0.550 e. The van der Waals surface area contributed by atoms with Gasteiger partial charge in [-0.1, -0.05) is 113 Å². The van der Waals surface area contributed by atoms with Gasteiger partial charge in [-0.15, -0.1) is 0 Å². The number of hydrogen-bond donors (Lipinski definition) is 9. The molecule has 31 heteroatoms. The van der Waals surface area contributed by atoms with Crippen molar-refractivity contribution in [3.8, 4) is 11.5 Å². The number of nitrogens with two attached hydrogens (primary N) is 1. The Morgan fingerprint density at radius 3 is 1.43 bits per heavy atom. The van der Waals surface area contributed by atoms with Crippen LogP contribution in [0.5, 0.6) is 11.5 Å². The van der Waals surface area contributed by atoms with Crippen LogP contribution in [-0.2, 0) is 57.4 Å². The average Bonchev–Trinajstić information content (AvgIpc) is 0.740. The van der Waals surface area contributed by atoms with Crippen LogP contribution in [0.15, 0.2) is 193 Å². The van der Waals surface area contributed by atoms with E-state index >= 15 is 0 Å². The average molecular weight is 1870 g/mol. The molecule has 4 aliphatic carbocycles. The molecule has 0 saturated carbocycles. The molecule has 0 bridgehead atoms. The monoisotopic (exact) mass is 1870 g/mol. The molecule has 716 valence electrons. The Kier molecular flexibility index (Phi) is 41.4. The zero-order valence-electron chi connectivity index (χ0n) is 76.8. The van der Waals surface area contributed by atoms with Gasteiger partial charge in [0.1, 0.15) is 59.7 Å². The van der Waals surface area contributed by atoms with E-state index in [1.54, 1.807) is 83.5 Å². The van der Waals surface area contributed by atoms with Crippen molar-refractivity contribution >= 4 is 64.7 Å². The number of β-lactam (4-membered cyclic amide) rings is 2. The summed E-state index contributed by atoms with van der Waals surface area (Å²) < 4.78 is 82.4. The number of carboxylic acids is 1. The van der Waals surface area contributed by atoms with Gasteiger partial charge < -0.3 is 90.2 Å². The van der Waals surface area contributed by atoms with E-state index in [0.29, 0.717) is 105 Å². The number of nitrogens with zero attached hydrogens (tertiary/aromatic N) is 2. The molecule has 6 aromatic rings. The van der Waals surface area contributed by atoms with Crippen molar-refractivity contribution < 1.29 is 155 Å². The summed E-state index contributed by atoms with van der Waals surface area (Å²) in [6, 6.07) is 35.5. The third-order valence-corrected chi connectivity index (χ3v) is 25.8. The van der Waals surface area contributed by atoms with Gasteiger partial charge in [0.2, 0.25) is 17.7 Å². The van der Waals surface area contributed by atoms with Crippen molar-refractivity contribution in [2.24, 2.45) is 64.9 Å². The molecule has 22 atom stereocenters. The van der Waals surface area contributed by atoms with Gasteiger partial charge in [0, 0.05) is 74.9 Å². The zero-order valence-corrected chi connectivity index (χ0v) is 78.8. The van der Waals surface area contributed by atoms with Gasteiger partial charge in [0.05, 0.1) is 105 Å². The van der Waals surface area contributed by atoms with Crippen LogP contribution in [-0.4, -0.2) is 158 Å². The Hall–Kier alpha value is -10.2. The molecular weight excluding hydrogens is 1740 g/mol. The molecule has 0 unspecified atom stereocenters. The first-order chi connectivity index (χ1) is 63.5. The number of carbonyl (C=O) groups is 9. The number of carbonyl (C=O) groups excluding carboxylic acids is 9. The molecule has 2 aliphatic heterocycles. The molecule has 2 saturated heterocycles. The molecule has 6 aromatic carbocycles. The summed E-state index contributed by atoms with van der Waals surface area (Å²) in [6.07, 6.45) is 8.00. The first kappa shape index (κ1) is 107. The molecule has 0 radical (unpaired) electrons. The van der Waals surface area contributed by atoms with Crippen molar-refractivity contribution in [2.45, 2.75) is 230 Å². The number of amides is 3. The molecule has 3 amide bonds. The van der Waals surface area contributed by atoms with Gasteiger partial charge in [0.15, 0.2) is 5.78 Å². The van der Waals surface area contributed by atoms with E-state index < -0.39 is 127 Å². The third-order valence-electron chi connectivity index (χ3n) is 25.8. The SMILES string of the molecule is CC[C@H](C)C(=O)O[C@H]1C[C@H](O)C=C2C=C[C@H](C)[C@H](CC[C@@H](O)C[C@@H](O)CC(=O)NCCC(=O)COc3ccc([C@@H]4[C@@H](CC[C@H](OC(C)=O)c5ccc(F)cc5)C(=O)N4c4ccc(F)cc4)cc3)[C@H]21.NCCC(=O)Oc1ccc([C@@H]2[C@@H](CC[C@H](O)c3ccc(F)cc3)C(=O)N2c2ccc(F)cc2)cc1.[CH2+]C[C@H](C)C(=O)O[C@H]1C[C@H](O)C=C2C=C[C@H](C)[C@H](CC[C@@H](O)C[C@@H](O)CC(=O)[O-])[C@H]21.[Na+]. The molecular formula is C103H124F4N4NaO22+. The number of benzene rings is 6. The summed E-state index contributed by atoms with van der Waals surface area (Å²) in [5, 5.41) is 86.1. The number of Topliss-reactive ketones (excluding diaryl/α,β-unsaturated/α-hetero) is 1. The predicted octanol–water partition coefficient (Wildman–Crippen LogP) is 9.94. The fourth-order valence-corrected chi connectivity index (χ4v) is 18.3. The number of esters is 4. The van der Waals surface area contributed by atoms with Gasteiger partial charge in [-0.3, -0.25) is 38.4 Å². The summed E-state index contributed by atoms with van der Waals surface area (Å²) in [5.74, 6) is -6.24. The molecule has 10 N–H and O–H groups in total. The number of anilines is 2. The fourth-order valence-electron chi connectivity index (χ4n) is 18.3. The maximum Gasteiger partial charge on any atom is 1.00 e. The molecule has 26 nitrogen and oxygen atoms in total. The number of aliphatic carboxylic acids is 1. The number of carboxylic acid groups (broad SMARTS) is 1. The molecule has 2 fully saturated rings. The number of allylic oxidation sites excluding steroid dienone is 4. The van der Waals surface area contributed by atoms with Crippen LogP contribution in [0.4, 0.5) is 28.9 Å². The quantitative estimate of drug-likeness (QED) is 0.00327. The number of ketones is 1. The van der Waals surface area contributed by atoms with E-state index in [4.69, 9.17) is 29.4 Å². The van der Waals surface area contributed by atoms with Crippen LogP contribution in [0.1, 0.15) is 204 Å². The van der Waals surface area contributed by atoms with Crippen LogP contribution < -0.4 is 65.0 Å². The summed E-state index contributed by atoms with van der Waals surface area (Å²) in [7, 11) is 0. The Morgan fingerprint density at radius 1 is 0.560 bits per heavy atom. The maximum atomic E-state index is 13.8. The van der Waals surface area contributed by atoms with Gasteiger partial charge in [0.25, 0.3) is 0 Å². The number of rotatable bonds is 42. The van der Waals surface area contributed by atoms with Crippen molar-refractivity contribution in [1.29, 1.82) is 0 Å². The molecule has 6 aliphatic rings. The second-order valence-electron chi connectivity index (χ2n) is 35.6. The van der Waals surface area contributed by atoms with Crippen molar-refractivity contribution in [2.75, 3.05) is 29.5 Å². The number of ether oxygens (including phenoxy) is 5. The normalized spacial score (nSPS) is 23.8. The third kappa shape index (κ3) is 30.4. The summed E-state index contributed by atoms with van der Waals surface area (Å²) in [5.41, 5.74) is 11.0. The Labute approximate surface area is 801 Å². The summed E-state index contributed by atoms with van der Waals surface area (Å²) in [6.45, 7) is 14.6. The largest absolute Gasteiger partial charge is 1.00 e. The van der Waals surface area contributed by atoms with Gasteiger partial charge in [-0.25, -0.2) is 17.6 Å². The summed E-state index contributed by atoms with van der Waals surface area (Å²) in [4.78, 5) is 115. The minimum atomic E-state index is -1.35. The Bertz CT molecular complexity index is 5010. The van der Waals surface area contributed by atoms with E-state index in [-0.39, 0.29) is 177 Å². The minimum Gasteiger partial charge on any atom is -0.550 e. The van der Waals surface area contributed by atoms with E-state index in [1.165, 1.54) is 91.9 Å². The predicted molar refractivity (Wildman–Crippen MR) is 484 cm³/mol. The van der Waals surface area contributed by atoms with Crippen LogP contribution >= 0.6 is 0 Å². The first-order valence-corrected chi connectivity index (χ1v) is 45.8. The first-order valence-electron chi connectivity index (χ1n) is 45.8. The minimum absolute atomic E-state index is 0. The van der Waals surface area contributed by atoms with Crippen molar-refractivity contribution in [3.63, 3.8) is 0 Å². The van der Waals surface area contributed by atoms with Crippen LogP contribution in [0.2, 0.25) is 0 Å². The van der Waals surface area contributed by atoms with E-state index in [2.05, 4.69) is 38.2 Å². The van der Waals surface area contributed by atoms with Crippen LogP contribution in [0, 0.1) is 89.4 Å².